The van der Waals surface area contributed by atoms with Gasteiger partial charge in [-0.1, -0.05) is 0 Å². The van der Waals surface area contributed by atoms with Crippen LogP contribution in [0, 0.1) is 0 Å². The van der Waals surface area contributed by atoms with Crippen LogP contribution in [0.15, 0.2) is 43.1 Å². The minimum absolute atomic E-state index is 0.924. The van der Waals surface area contributed by atoms with Crippen LogP contribution in [0.4, 0.5) is 5.82 Å². The van der Waals surface area contributed by atoms with Crippen LogP contribution in [0.2, 0.25) is 0 Å². The quantitative estimate of drug-likeness (QED) is 0.713. The van der Waals surface area contributed by atoms with Gasteiger partial charge >= 0.3 is 0 Å². The normalized spacial score (nSPS) is 15.1. The zero-order valence-corrected chi connectivity index (χ0v) is 11.1. The number of anilines is 1. The molecule has 0 N–H and O–H groups in total. The summed E-state index contributed by atoms with van der Waals surface area (Å²) in [6.07, 6.45) is 11.8. The van der Waals surface area contributed by atoms with E-state index in [1.807, 2.05) is 36.9 Å². The number of pyridine rings is 1. The Kier molecular flexibility index (Phi) is 2.62. The molecule has 0 bridgehead atoms. The van der Waals surface area contributed by atoms with Crippen LogP contribution >= 0.6 is 0 Å². The van der Waals surface area contributed by atoms with E-state index in [-0.39, 0.29) is 0 Å². The molecule has 1 fully saturated rings. The van der Waals surface area contributed by atoms with Gasteiger partial charge in [0.05, 0.1) is 11.9 Å². The van der Waals surface area contributed by atoms with Gasteiger partial charge in [-0.05, 0) is 25.0 Å². The minimum Gasteiger partial charge on any atom is -0.354 e. The summed E-state index contributed by atoms with van der Waals surface area (Å²) < 4.78 is 2.09. The molecule has 0 radical (unpaired) electrons. The monoisotopic (exact) mass is 265 g/mol. The van der Waals surface area contributed by atoms with Gasteiger partial charge in [0.15, 0.2) is 11.5 Å². The van der Waals surface area contributed by atoms with Crippen molar-refractivity contribution in [2.75, 3.05) is 18.0 Å². The Morgan fingerprint density at radius 3 is 2.70 bits per heavy atom. The van der Waals surface area contributed by atoms with Crippen LogP contribution in [0.25, 0.3) is 16.9 Å². The highest BCUT2D eigenvalue weighted by Gasteiger charge is 2.18. The van der Waals surface area contributed by atoms with Gasteiger partial charge in [-0.2, -0.15) is 0 Å². The molecule has 3 aromatic rings. The fraction of sp³-hybridized carbons (Fsp3) is 0.267. The maximum atomic E-state index is 4.57. The maximum Gasteiger partial charge on any atom is 0.180 e. The topological polar surface area (TPSA) is 46.3 Å². The highest BCUT2D eigenvalue weighted by molar-refractivity contribution is 5.71. The first-order valence-electron chi connectivity index (χ1n) is 6.91. The molecule has 4 rings (SSSR count). The largest absolute Gasteiger partial charge is 0.354 e. The number of hydrogen-bond donors (Lipinski definition) is 0. The van der Waals surface area contributed by atoms with Gasteiger partial charge in [0.25, 0.3) is 0 Å². The van der Waals surface area contributed by atoms with Gasteiger partial charge in [-0.15, -0.1) is 0 Å². The Hall–Kier alpha value is -2.43. The van der Waals surface area contributed by atoms with Crippen molar-refractivity contribution in [2.45, 2.75) is 12.8 Å². The second kappa shape index (κ2) is 4.59. The SMILES string of the molecule is c1cncc(-c2cnc3c(N4CCCC4)nccn23)c1. The van der Waals surface area contributed by atoms with E-state index >= 15 is 0 Å². The molecule has 100 valence electrons. The fourth-order valence-electron chi connectivity index (χ4n) is 2.79. The lowest BCUT2D eigenvalue weighted by molar-refractivity contribution is 0.928. The van der Waals surface area contributed by atoms with Gasteiger partial charge in [0.1, 0.15) is 0 Å². The summed E-state index contributed by atoms with van der Waals surface area (Å²) in [7, 11) is 0. The van der Waals surface area contributed by atoms with Gasteiger partial charge < -0.3 is 4.90 Å². The molecule has 3 aromatic heterocycles. The van der Waals surface area contributed by atoms with Crippen molar-refractivity contribution in [1.29, 1.82) is 0 Å². The van der Waals surface area contributed by atoms with Crippen molar-refractivity contribution in [2.24, 2.45) is 0 Å². The molecule has 1 aliphatic rings. The van der Waals surface area contributed by atoms with E-state index in [1.165, 1.54) is 12.8 Å². The van der Waals surface area contributed by atoms with Gasteiger partial charge in [-0.3, -0.25) is 9.38 Å². The molecular formula is C15H15N5. The number of aromatic nitrogens is 4. The molecular weight excluding hydrogens is 250 g/mol. The summed E-state index contributed by atoms with van der Waals surface area (Å²) in [5.74, 6) is 0.986. The van der Waals surface area contributed by atoms with E-state index in [9.17, 15) is 0 Å². The number of imidazole rings is 1. The van der Waals surface area contributed by atoms with Gasteiger partial charge in [0, 0.05) is 43.4 Å². The van der Waals surface area contributed by atoms with E-state index < -0.39 is 0 Å². The number of rotatable bonds is 2. The molecule has 0 unspecified atom stereocenters. The molecule has 1 saturated heterocycles. The predicted octanol–water partition coefficient (Wildman–Crippen LogP) is 2.39. The van der Waals surface area contributed by atoms with E-state index in [1.54, 1.807) is 6.20 Å². The van der Waals surface area contributed by atoms with Crippen molar-refractivity contribution < 1.29 is 0 Å². The molecule has 4 heterocycles. The molecule has 0 spiro atoms. The standard InChI is InChI=1S/C15H15N5/c1-2-8-19(7-1)14-15-18-11-13(20(15)9-6-17-14)12-4-3-5-16-10-12/h3-6,9-11H,1-2,7-8H2. The smallest absolute Gasteiger partial charge is 0.180 e. The average Bonchev–Trinajstić information content (AvgIpc) is 3.17. The second-order valence-corrected chi connectivity index (χ2v) is 5.02. The molecule has 1 aliphatic heterocycles. The molecule has 0 aromatic carbocycles. The molecule has 0 amide bonds. The predicted molar refractivity (Wildman–Crippen MR) is 77.7 cm³/mol. The lowest BCUT2D eigenvalue weighted by atomic mass is 10.2. The summed E-state index contributed by atoms with van der Waals surface area (Å²) >= 11 is 0. The highest BCUT2D eigenvalue weighted by Crippen LogP contribution is 2.26. The lowest BCUT2D eigenvalue weighted by Gasteiger charge is -2.16. The first-order valence-corrected chi connectivity index (χ1v) is 6.91. The first kappa shape index (κ1) is 11.4. The summed E-state index contributed by atoms with van der Waals surface area (Å²) in [6.45, 7) is 2.14. The Morgan fingerprint density at radius 1 is 1.00 bits per heavy atom. The highest BCUT2D eigenvalue weighted by atomic mass is 15.2. The third-order valence-electron chi connectivity index (χ3n) is 3.77. The number of fused-ring (bicyclic) bond motifs is 1. The molecule has 0 saturated carbocycles. The first-order chi connectivity index (χ1) is 9.93. The minimum atomic E-state index is 0.924. The average molecular weight is 265 g/mol. The summed E-state index contributed by atoms with van der Waals surface area (Å²) in [5.41, 5.74) is 3.04. The van der Waals surface area contributed by atoms with Gasteiger partial charge in [0.2, 0.25) is 0 Å². The zero-order valence-electron chi connectivity index (χ0n) is 11.1. The van der Waals surface area contributed by atoms with Crippen LogP contribution in [-0.4, -0.2) is 32.4 Å². The zero-order chi connectivity index (χ0) is 13.4. The van der Waals surface area contributed by atoms with Crippen LogP contribution in [-0.2, 0) is 0 Å². The Bertz CT molecular complexity index is 728. The van der Waals surface area contributed by atoms with E-state index in [0.29, 0.717) is 0 Å². The maximum absolute atomic E-state index is 4.57. The Morgan fingerprint density at radius 2 is 1.90 bits per heavy atom. The summed E-state index contributed by atoms with van der Waals surface area (Å²) in [5, 5.41) is 0. The van der Waals surface area contributed by atoms with Crippen molar-refractivity contribution >= 4 is 11.5 Å². The fourth-order valence-corrected chi connectivity index (χ4v) is 2.79. The third kappa shape index (κ3) is 1.74. The molecule has 5 nitrogen and oxygen atoms in total. The molecule has 20 heavy (non-hydrogen) atoms. The number of hydrogen-bond acceptors (Lipinski definition) is 4. The molecule has 0 atom stereocenters. The van der Waals surface area contributed by atoms with Crippen molar-refractivity contribution in [3.8, 4) is 11.3 Å². The Balaban J connectivity index is 1.88. The Labute approximate surface area is 116 Å². The van der Waals surface area contributed by atoms with Crippen LogP contribution < -0.4 is 4.90 Å². The third-order valence-corrected chi connectivity index (χ3v) is 3.77. The van der Waals surface area contributed by atoms with Crippen molar-refractivity contribution in [3.63, 3.8) is 0 Å². The van der Waals surface area contributed by atoms with Crippen LogP contribution in [0.3, 0.4) is 0 Å². The summed E-state index contributed by atoms with van der Waals surface area (Å²) in [4.78, 5) is 15.6. The summed E-state index contributed by atoms with van der Waals surface area (Å²) in [6, 6.07) is 3.99. The van der Waals surface area contributed by atoms with E-state index in [2.05, 4.69) is 24.3 Å². The van der Waals surface area contributed by atoms with Crippen LogP contribution in [0.5, 0.6) is 0 Å². The number of nitrogens with zero attached hydrogens (tertiary/aromatic N) is 5. The van der Waals surface area contributed by atoms with Crippen molar-refractivity contribution in [1.82, 2.24) is 19.4 Å². The lowest BCUT2D eigenvalue weighted by Crippen LogP contribution is -2.19. The molecule has 0 aliphatic carbocycles. The van der Waals surface area contributed by atoms with Crippen molar-refractivity contribution in [3.05, 3.63) is 43.1 Å². The van der Waals surface area contributed by atoms with Gasteiger partial charge in [-0.25, -0.2) is 9.97 Å². The van der Waals surface area contributed by atoms with E-state index in [0.717, 1.165) is 35.8 Å². The van der Waals surface area contributed by atoms with E-state index in [4.69, 9.17) is 0 Å². The second-order valence-electron chi connectivity index (χ2n) is 5.02. The van der Waals surface area contributed by atoms with Crippen LogP contribution in [0.1, 0.15) is 12.8 Å². The molecule has 5 heteroatoms.